The van der Waals surface area contributed by atoms with E-state index >= 15 is 0 Å². The fraction of sp³-hybridized carbons (Fsp3) is 0.286. The van der Waals surface area contributed by atoms with Crippen LogP contribution in [-0.2, 0) is 6.42 Å². The van der Waals surface area contributed by atoms with Crippen molar-refractivity contribution >= 4 is 10.9 Å². The summed E-state index contributed by atoms with van der Waals surface area (Å²) in [7, 11) is 3.29. The predicted octanol–water partition coefficient (Wildman–Crippen LogP) is 4.01. The van der Waals surface area contributed by atoms with Gasteiger partial charge < -0.3 is 20.2 Å². The number of nitrogens with one attached hydrogen (secondary N) is 1. The minimum atomic E-state index is 0.659. The molecule has 0 aliphatic rings. The molecule has 0 atom stereocenters. The molecule has 0 aliphatic heterocycles. The number of ether oxygens (including phenoxy) is 2. The first-order chi connectivity index (χ1) is 12.7. The van der Waals surface area contributed by atoms with Crippen LogP contribution in [0.4, 0.5) is 0 Å². The van der Waals surface area contributed by atoms with E-state index in [1.165, 1.54) is 5.56 Å². The molecular formula is C21H23N3O2. The molecular weight excluding hydrogens is 326 g/mol. The highest BCUT2D eigenvalue weighted by molar-refractivity contribution is 5.92. The van der Waals surface area contributed by atoms with Gasteiger partial charge in [-0.3, -0.25) is 0 Å². The Kier molecular flexibility index (Phi) is 5.45. The summed E-state index contributed by atoms with van der Waals surface area (Å²) in [6.45, 7) is 0.675. The first kappa shape index (κ1) is 17.8. The molecule has 5 nitrogen and oxygen atoms in total. The second-order valence-electron chi connectivity index (χ2n) is 6.20. The van der Waals surface area contributed by atoms with E-state index in [4.69, 9.17) is 15.2 Å². The van der Waals surface area contributed by atoms with Crippen LogP contribution in [0.1, 0.15) is 24.0 Å². The van der Waals surface area contributed by atoms with E-state index in [0.717, 1.165) is 52.9 Å². The molecule has 0 unspecified atom stereocenters. The van der Waals surface area contributed by atoms with Gasteiger partial charge in [0, 0.05) is 28.2 Å². The lowest BCUT2D eigenvalue weighted by atomic mass is 9.99. The summed E-state index contributed by atoms with van der Waals surface area (Å²) < 4.78 is 10.8. The molecule has 3 N–H and O–H groups in total. The summed E-state index contributed by atoms with van der Waals surface area (Å²) in [5, 5.41) is 10.3. The van der Waals surface area contributed by atoms with Crippen LogP contribution in [0.5, 0.6) is 11.5 Å². The van der Waals surface area contributed by atoms with Crippen LogP contribution < -0.4 is 15.2 Å². The zero-order valence-electron chi connectivity index (χ0n) is 15.1. The van der Waals surface area contributed by atoms with Crippen molar-refractivity contribution in [3.63, 3.8) is 0 Å². The second kappa shape index (κ2) is 7.94. The quantitative estimate of drug-likeness (QED) is 0.631. The van der Waals surface area contributed by atoms with Gasteiger partial charge in [0.05, 0.1) is 25.9 Å². The molecule has 0 fully saturated rings. The third-order valence-corrected chi connectivity index (χ3v) is 4.56. The lowest BCUT2D eigenvalue weighted by Crippen LogP contribution is -1.99. The Hall–Kier alpha value is -2.97. The highest BCUT2D eigenvalue weighted by atomic mass is 16.5. The number of H-pyrrole nitrogens is 1. The van der Waals surface area contributed by atoms with Crippen molar-refractivity contribution in [3.8, 4) is 28.8 Å². The van der Waals surface area contributed by atoms with Crippen molar-refractivity contribution in [1.29, 1.82) is 5.26 Å². The summed E-state index contributed by atoms with van der Waals surface area (Å²) >= 11 is 0. The van der Waals surface area contributed by atoms with Gasteiger partial charge in [-0.2, -0.15) is 5.26 Å². The number of hydrogen-bond donors (Lipinski definition) is 2. The summed E-state index contributed by atoms with van der Waals surface area (Å²) in [5.74, 6) is 1.48. The van der Waals surface area contributed by atoms with E-state index in [9.17, 15) is 5.26 Å². The number of aryl methyl sites for hydroxylation is 1. The Morgan fingerprint density at radius 3 is 2.38 bits per heavy atom. The van der Waals surface area contributed by atoms with Crippen LogP contribution >= 0.6 is 0 Å². The van der Waals surface area contributed by atoms with E-state index in [1.807, 2.05) is 36.4 Å². The maximum absolute atomic E-state index is 9.25. The van der Waals surface area contributed by atoms with Crippen LogP contribution in [0.25, 0.3) is 22.2 Å². The number of unbranched alkanes of at least 4 members (excludes halogenated alkanes) is 1. The Labute approximate surface area is 153 Å². The largest absolute Gasteiger partial charge is 0.497 e. The Morgan fingerprint density at radius 2 is 1.77 bits per heavy atom. The molecule has 1 heterocycles. The Balaban J connectivity index is 2.18. The zero-order chi connectivity index (χ0) is 18.5. The highest BCUT2D eigenvalue weighted by Gasteiger charge is 2.15. The fourth-order valence-electron chi connectivity index (χ4n) is 3.22. The molecule has 1 aromatic heterocycles. The normalized spacial score (nSPS) is 10.7. The van der Waals surface area contributed by atoms with Gasteiger partial charge in [-0.05, 0) is 61.7 Å². The molecule has 0 bridgehead atoms. The Bertz CT molecular complexity index is 932. The molecule has 3 rings (SSSR count). The SMILES string of the molecule is COc1cc(OC)cc(-c2[nH]c3ccc(C#N)cc3c2CCCCN)c1. The maximum atomic E-state index is 9.25. The van der Waals surface area contributed by atoms with E-state index in [2.05, 4.69) is 11.1 Å². The number of nitriles is 1. The van der Waals surface area contributed by atoms with Gasteiger partial charge in [-0.1, -0.05) is 0 Å². The fourth-order valence-corrected chi connectivity index (χ4v) is 3.22. The lowest BCUT2D eigenvalue weighted by Gasteiger charge is -2.10. The van der Waals surface area contributed by atoms with Crippen molar-refractivity contribution in [2.45, 2.75) is 19.3 Å². The number of aromatic amines is 1. The molecule has 26 heavy (non-hydrogen) atoms. The number of rotatable bonds is 7. The van der Waals surface area contributed by atoms with E-state index in [1.54, 1.807) is 14.2 Å². The average molecular weight is 349 g/mol. The van der Waals surface area contributed by atoms with Gasteiger partial charge in [-0.25, -0.2) is 0 Å². The van der Waals surface area contributed by atoms with E-state index in [0.29, 0.717) is 12.1 Å². The molecule has 2 aromatic carbocycles. The molecule has 0 saturated heterocycles. The Morgan fingerprint density at radius 1 is 1.04 bits per heavy atom. The number of fused-ring (bicyclic) bond motifs is 1. The number of hydrogen-bond acceptors (Lipinski definition) is 4. The molecule has 134 valence electrons. The highest BCUT2D eigenvalue weighted by Crippen LogP contribution is 2.36. The van der Waals surface area contributed by atoms with Crippen molar-refractivity contribution in [2.75, 3.05) is 20.8 Å². The van der Waals surface area contributed by atoms with Crippen molar-refractivity contribution in [2.24, 2.45) is 5.73 Å². The van der Waals surface area contributed by atoms with Crippen molar-refractivity contribution < 1.29 is 9.47 Å². The average Bonchev–Trinajstić information content (AvgIpc) is 3.05. The first-order valence-corrected chi connectivity index (χ1v) is 8.68. The van der Waals surface area contributed by atoms with Crippen LogP contribution in [-0.4, -0.2) is 25.7 Å². The molecule has 0 aliphatic carbocycles. The molecule has 0 radical (unpaired) electrons. The van der Waals surface area contributed by atoms with Gasteiger partial charge in [0.15, 0.2) is 0 Å². The summed E-state index contributed by atoms with van der Waals surface area (Å²) in [6, 6.07) is 13.8. The number of benzene rings is 2. The molecule has 0 saturated carbocycles. The first-order valence-electron chi connectivity index (χ1n) is 8.68. The molecule has 3 aromatic rings. The summed E-state index contributed by atoms with van der Waals surface area (Å²) in [5.41, 5.74) is 10.6. The number of nitrogens with two attached hydrogens (primary N) is 1. The molecule has 0 amide bonds. The van der Waals surface area contributed by atoms with Crippen molar-refractivity contribution in [3.05, 3.63) is 47.5 Å². The minimum absolute atomic E-state index is 0.659. The van der Waals surface area contributed by atoms with Crippen LogP contribution in [0.3, 0.4) is 0 Å². The maximum Gasteiger partial charge on any atom is 0.123 e. The number of nitrogens with zero attached hydrogens (tertiary/aromatic N) is 1. The topological polar surface area (TPSA) is 84.1 Å². The number of aromatic nitrogens is 1. The predicted molar refractivity (Wildman–Crippen MR) is 104 cm³/mol. The van der Waals surface area contributed by atoms with Gasteiger partial charge in [0.2, 0.25) is 0 Å². The smallest absolute Gasteiger partial charge is 0.123 e. The monoisotopic (exact) mass is 349 g/mol. The summed E-state index contributed by atoms with van der Waals surface area (Å²) in [6.07, 6.45) is 2.85. The van der Waals surface area contributed by atoms with Crippen LogP contribution in [0.15, 0.2) is 36.4 Å². The summed E-state index contributed by atoms with van der Waals surface area (Å²) in [4.78, 5) is 3.51. The number of methoxy groups -OCH3 is 2. The minimum Gasteiger partial charge on any atom is -0.497 e. The van der Waals surface area contributed by atoms with Crippen molar-refractivity contribution in [1.82, 2.24) is 4.98 Å². The third kappa shape index (κ3) is 3.51. The zero-order valence-corrected chi connectivity index (χ0v) is 15.1. The van der Waals surface area contributed by atoms with E-state index in [-0.39, 0.29) is 0 Å². The third-order valence-electron chi connectivity index (χ3n) is 4.56. The van der Waals surface area contributed by atoms with Gasteiger partial charge in [0.1, 0.15) is 11.5 Å². The van der Waals surface area contributed by atoms with Crippen LogP contribution in [0, 0.1) is 11.3 Å². The lowest BCUT2D eigenvalue weighted by molar-refractivity contribution is 0.394. The second-order valence-corrected chi connectivity index (χ2v) is 6.20. The van der Waals surface area contributed by atoms with Gasteiger partial charge in [-0.15, -0.1) is 0 Å². The van der Waals surface area contributed by atoms with Gasteiger partial charge in [0.25, 0.3) is 0 Å². The molecule has 0 spiro atoms. The van der Waals surface area contributed by atoms with Gasteiger partial charge >= 0.3 is 0 Å². The van der Waals surface area contributed by atoms with E-state index < -0.39 is 0 Å². The molecule has 5 heteroatoms. The van der Waals surface area contributed by atoms with Crippen LogP contribution in [0.2, 0.25) is 0 Å². The standard InChI is InChI=1S/C21H23N3O2/c1-25-16-10-15(11-17(12-16)26-2)21-18(5-3-4-8-22)19-9-14(13-23)6-7-20(19)24-21/h6-7,9-12,24H,3-5,8,22H2,1-2H3.